The van der Waals surface area contributed by atoms with Crippen molar-refractivity contribution in [2.24, 2.45) is 0 Å². The van der Waals surface area contributed by atoms with Gasteiger partial charge in [-0.2, -0.15) is 0 Å². The molecule has 0 fully saturated rings. The predicted octanol–water partition coefficient (Wildman–Crippen LogP) is 2.31. The van der Waals surface area contributed by atoms with E-state index in [1.807, 2.05) is 0 Å². The number of nitro benzene ring substituents is 2. The van der Waals surface area contributed by atoms with Gasteiger partial charge in [-0.15, -0.1) is 0 Å². The van der Waals surface area contributed by atoms with Gasteiger partial charge < -0.3 is 4.55 Å². The molecule has 0 atom stereocenters. The van der Waals surface area contributed by atoms with Crippen LogP contribution in [0.1, 0.15) is 16.7 Å². The van der Waals surface area contributed by atoms with Gasteiger partial charge in [0.2, 0.25) is 0 Å². The van der Waals surface area contributed by atoms with E-state index >= 15 is 0 Å². The Morgan fingerprint density at radius 1 is 0.958 bits per heavy atom. The minimum atomic E-state index is -4.67. The molecular weight excluding hydrogens is 340 g/mol. The molecule has 0 amide bonds. The van der Waals surface area contributed by atoms with Crippen LogP contribution < -0.4 is 0 Å². The molecule has 0 aromatic heterocycles. The summed E-state index contributed by atoms with van der Waals surface area (Å²) in [4.78, 5) is 20.1. The first-order chi connectivity index (χ1) is 11.1. The molecule has 2 aromatic rings. The highest BCUT2D eigenvalue weighted by Gasteiger charge is 2.19. The Balaban J connectivity index is 2.56. The summed E-state index contributed by atoms with van der Waals surface area (Å²) in [6, 6.07) is 6.78. The Bertz CT molecular complexity index is 938. The molecule has 0 unspecified atom stereocenters. The van der Waals surface area contributed by atoms with E-state index in [0.717, 1.165) is 30.3 Å². The largest absolute Gasteiger partial charge is 0.744 e. The number of non-ortho nitro benzene ring substituents is 1. The maximum absolute atomic E-state index is 11.1. The smallest absolute Gasteiger partial charge is 0.273 e. The van der Waals surface area contributed by atoms with Crippen LogP contribution in [0.5, 0.6) is 0 Å². The molecule has 0 heterocycles. The predicted molar refractivity (Wildman–Crippen MR) is 81.7 cm³/mol. The van der Waals surface area contributed by atoms with Crippen LogP contribution in [0.15, 0.2) is 41.3 Å². The fourth-order valence-electron chi connectivity index (χ4n) is 2.20. The Morgan fingerprint density at radius 3 is 2.17 bits per heavy atom. The molecule has 0 N–H and O–H groups in total. The normalized spacial score (nSPS) is 11.2. The van der Waals surface area contributed by atoms with Gasteiger partial charge in [-0.1, -0.05) is 6.07 Å². The molecule has 0 aliphatic carbocycles. The summed E-state index contributed by atoms with van der Waals surface area (Å²) in [5.41, 5.74) is 0.368. The highest BCUT2D eigenvalue weighted by atomic mass is 32.2. The zero-order valence-corrected chi connectivity index (χ0v) is 13.1. The number of aryl methyl sites for hydroxylation is 1. The average molecular weight is 351 g/mol. The highest BCUT2D eigenvalue weighted by molar-refractivity contribution is 7.85. The topological polar surface area (TPSA) is 143 Å². The summed E-state index contributed by atoms with van der Waals surface area (Å²) in [6.45, 7) is 1.64. The van der Waals surface area contributed by atoms with Crippen LogP contribution in [-0.4, -0.2) is 22.8 Å². The first kappa shape index (κ1) is 17.5. The van der Waals surface area contributed by atoms with Crippen molar-refractivity contribution in [2.75, 3.05) is 0 Å². The lowest BCUT2D eigenvalue weighted by Gasteiger charge is -2.12. The summed E-state index contributed by atoms with van der Waals surface area (Å²) in [5.74, 6) is 0. The van der Waals surface area contributed by atoms with E-state index in [0.29, 0.717) is 11.1 Å². The maximum Gasteiger partial charge on any atom is 0.273 e. The van der Waals surface area contributed by atoms with Gasteiger partial charge in [-0.3, -0.25) is 20.2 Å². The number of nitro groups is 2. The van der Waals surface area contributed by atoms with E-state index in [9.17, 15) is 33.2 Å². The third kappa shape index (κ3) is 3.73. The lowest BCUT2D eigenvalue weighted by Crippen LogP contribution is -2.03. The van der Waals surface area contributed by atoms with Crippen molar-refractivity contribution in [1.29, 1.82) is 0 Å². The molecule has 10 heteroatoms. The fourth-order valence-corrected chi connectivity index (χ4v) is 2.73. The van der Waals surface area contributed by atoms with Gasteiger partial charge in [0, 0.05) is 30.2 Å². The zero-order chi connectivity index (χ0) is 18.1. The summed E-state index contributed by atoms with van der Waals surface area (Å²) in [5, 5.41) is 21.9. The van der Waals surface area contributed by atoms with E-state index in [1.54, 1.807) is 6.92 Å². The van der Waals surface area contributed by atoms with Crippen molar-refractivity contribution >= 4 is 21.5 Å². The van der Waals surface area contributed by atoms with Crippen LogP contribution in [-0.2, 0) is 16.5 Å². The molecule has 0 aliphatic heterocycles. The number of hydrogen-bond donors (Lipinski definition) is 0. The monoisotopic (exact) mass is 351 g/mol. The summed E-state index contributed by atoms with van der Waals surface area (Å²) in [6.07, 6.45) is -0.118. The molecule has 9 nitrogen and oxygen atoms in total. The van der Waals surface area contributed by atoms with Crippen molar-refractivity contribution in [1.82, 2.24) is 0 Å². The number of nitrogens with zero attached hydrogens (tertiary/aromatic N) is 2. The van der Waals surface area contributed by atoms with Crippen molar-refractivity contribution < 1.29 is 22.8 Å². The van der Waals surface area contributed by atoms with Crippen molar-refractivity contribution in [3.05, 3.63) is 73.3 Å². The third-order valence-corrected chi connectivity index (χ3v) is 4.29. The molecule has 0 saturated carbocycles. The standard InChI is InChI=1S/C14H12N2O7S/c1-9-2-4-13(24(21,22)23)8-10(9)6-11-7-12(15(17)18)3-5-14(11)16(19)20/h2-5,7-8H,6H2,1H3,(H,21,22,23)/p-1. The molecule has 2 aromatic carbocycles. The zero-order valence-electron chi connectivity index (χ0n) is 12.3. The first-order valence-electron chi connectivity index (χ1n) is 6.56. The number of rotatable bonds is 5. The third-order valence-electron chi connectivity index (χ3n) is 3.46. The van der Waals surface area contributed by atoms with Crippen LogP contribution >= 0.6 is 0 Å². The number of benzene rings is 2. The molecule has 0 aliphatic rings. The van der Waals surface area contributed by atoms with Gasteiger partial charge in [-0.05, 0) is 30.2 Å². The van der Waals surface area contributed by atoms with E-state index in [4.69, 9.17) is 0 Å². The quantitative estimate of drug-likeness (QED) is 0.456. The van der Waals surface area contributed by atoms with Gasteiger partial charge in [0.1, 0.15) is 10.1 Å². The van der Waals surface area contributed by atoms with Crippen LogP contribution in [0.2, 0.25) is 0 Å². The first-order valence-corrected chi connectivity index (χ1v) is 7.97. The van der Waals surface area contributed by atoms with Crippen LogP contribution in [0.4, 0.5) is 11.4 Å². The van der Waals surface area contributed by atoms with Crippen molar-refractivity contribution in [2.45, 2.75) is 18.2 Å². The highest BCUT2D eigenvalue weighted by Crippen LogP contribution is 2.28. The van der Waals surface area contributed by atoms with E-state index in [1.165, 1.54) is 6.07 Å². The molecule has 0 radical (unpaired) electrons. The lowest BCUT2D eigenvalue weighted by molar-refractivity contribution is -0.389. The average Bonchev–Trinajstić information content (AvgIpc) is 2.47. The van der Waals surface area contributed by atoms with Gasteiger partial charge in [-0.25, -0.2) is 8.42 Å². The Morgan fingerprint density at radius 2 is 1.62 bits per heavy atom. The molecule has 24 heavy (non-hydrogen) atoms. The van der Waals surface area contributed by atoms with Gasteiger partial charge >= 0.3 is 0 Å². The molecule has 2 rings (SSSR count). The molecule has 0 bridgehead atoms. The molecule has 0 saturated heterocycles. The Labute approximate surface area is 136 Å². The SMILES string of the molecule is Cc1ccc(S(=O)(=O)[O-])cc1Cc1cc([N+](=O)[O-])ccc1[N+](=O)[O-]. The lowest BCUT2D eigenvalue weighted by atomic mass is 9.99. The Kier molecular flexibility index (Phi) is 4.62. The molecule has 0 spiro atoms. The van der Waals surface area contributed by atoms with E-state index < -0.39 is 24.9 Å². The van der Waals surface area contributed by atoms with Crippen LogP contribution in [0.25, 0.3) is 0 Å². The maximum atomic E-state index is 11.1. The minimum Gasteiger partial charge on any atom is -0.744 e. The van der Waals surface area contributed by atoms with Crippen LogP contribution in [0, 0.1) is 27.2 Å². The molecular formula is C14H11N2O7S-. The second-order valence-corrected chi connectivity index (χ2v) is 6.43. The summed E-state index contributed by atoms with van der Waals surface area (Å²) in [7, 11) is -4.67. The summed E-state index contributed by atoms with van der Waals surface area (Å²) < 4.78 is 33.3. The second-order valence-electron chi connectivity index (χ2n) is 5.05. The van der Waals surface area contributed by atoms with Crippen LogP contribution in [0.3, 0.4) is 0 Å². The van der Waals surface area contributed by atoms with Crippen molar-refractivity contribution in [3.63, 3.8) is 0 Å². The molecule has 126 valence electrons. The van der Waals surface area contributed by atoms with E-state index in [2.05, 4.69) is 0 Å². The fraction of sp³-hybridized carbons (Fsp3) is 0.143. The minimum absolute atomic E-state index is 0.0535. The van der Waals surface area contributed by atoms with Crippen molar-refractivity contribution in [3.8, 4) is 0 Å². The van der Waals surface area contributed by atoms with Gasteiger partial charge in [0.15, 0.2) is 0 Å². The van der Waals surface area contributed by atoms with Gasteiger partial charge in [0.05, 0.1) is 14.7 Å². The summed E-state index contributed by atoms with van der Waals surface area (Å²) >= 11 is 0. The van der Waals surface area contributed by atoms with Gasteiger partial charge in [0.25, 0.3) is 11.4 Å². The second kappa shape index (κ2) is 6.34. The van der Waals surface area contributed by atoms with E-state index in [-0.39, 0.29) is 23.4 Å². The Hall–Kier alpha value is -2.85. The number of hydrogen-bond acceptors (Lipinski definition) is 7.